The maximum Gasteiger partial charge on any atom is 0.291 e. The minimum absolute atomic E-state index is 0.0151. The Kier molecular flexibility index (Phi) is 8.93. The highest BCUT2D eigenvalue weighted by Crippen LogP contribution is 2.54. The zero-order valence-electron chi connectivity index (χ0n) is 33.5. The van der Waals surface area contributed by atoms with Crippen LogP contribution in [0.4, 0.5) is 4.39 Å². The third-order valence-corrected chi connectivity index (χ3v) is 11.5. The predicted octanol–water partition coefficient (Wildman–Crippen LogP) is 7.23. The van der Waals surface area contributed by atoms with Gasteiger partial charge in [-0.3, -0.25) is 24.7 Å². The van der Waals surface area contributed by atoms with E-state index in [2.05, 4.69) is 39.9 Å². The molecule has 0 fully saturated rings. The summed E-state index contributed by atoms with van der Waals surface area (Å²) < 4.78 is 38.5. The molecule has 12 rings (SSSR count). The number of hydrogen-bond acceptors (Lipinski definition) is 14. The lowest BCUT2D eigenvalue weighted by atomic mass is 9.80. The Balaban J connectivity index is 0.000000143. The molecule has 4 aliphatic heterocycles. The number of amidine groups is 2. The van der Waals surface area contributed by atoms with Gasteiger partial charge in [-0.15, -0.1) is 0 Å². The summed E-state index contributed by atoms with van der Waals surface area (Å²) in [5, 5.41) is 0. The summed E-state index contributed by atoms with van der Waals surface area (Å²) in [7, 11) is 0. The molecule has 0 saturated heterocycles. The number of benzene rings is 2. The standard InChI is InChI=1S/C24H16FN5O2.C24H17N5O3/c25-22-21-18(10-19(29-22)16-4-2-8-28-12-16)24(13-31-23(26)30-24)17-9-14(5-6-20(17)32-21)15-3-1-7-27-11-15;25-23-29-24(13-31-23)17-9-14(15-3-1-7-26-11-15)5-6-20(17)32-21-18(24)10-19(28-22(21)30)16-4-2-8-27-12-16/h1-12H,13H2,(H2,26,30);1-12H,13H2,(H2,25,29)(H,28,30)/t2*24-/m00/s1. The number of aromatic nitrogens is 6. The molecule has 0 saturated carbocycles. The smallest absolute Gasteiger partial charge is 0.291 e. The first kappa shape index (κ1) is 38.2. The summed E-state index contributed by atoms with van der Waals surface area (Å²) >= 11 is 0. The van der Waals surface area contributed by atoms with Crippen molar-refractivity contribution in [3.8, 4) is 67.8 Å². The van der Waals surface area contributed by atoms with Crippen molar-refractivity contribution in [3.05, 3.63) is 185 Å². The summed E-state index contributed by atoms with van der Waals surface area (Å²) in [5.74, 6) is 0.472. The van der Waals surface area contributed by atoms with E-state index in [1.807, 2.05) is 78.9 Å². The fourth-order valence-corrected chi connectivity index (χ4v) is 8.44. The number of nitrogens with zero attached hydrogens (tertiary/aromatic N) is 7. The van der Waals surface area contributed by atoms with Crippen molar-refractivity contribution in [2.45, 2.75) is 11.1 Å². The highest BCUT2D eigenvalue weighted by atomic mass is 19.1. The van der Waals surface area contributed by atoms with Crippen LogP contribution in [0.3, 0.4) is 0 Å². The molecule has 0 unspecified atom stereocenters. The van der Waals surface area contributed by atoms with Crippen LogP contribution in [0, 0.1) is 5.95 Å². The molecular formula is C48H33FN10O5. The molecule has 15 nitrogen and oxygen atoms in total. The molecule has 0 bridgehead atoms. The molecule has 0 aliphatic carbocycles. The van der Waals surface area contributed by atoms with Crippen molar-refractivity contribution >= 4 is 12.0 Å². The number of halogens is 1. The van der Waals surface area contributed by atoms with Gasteiger partial charge in [0.2, 0.25) is 0 Å². The maximum atomic E-state index is 15.2. The van der Waals surface area contributed by atoms with Gasteiger partial charge in [-0.05, 0) is 83.9 Å². The van der Waals surface area contributed by atoms with Crippen LogP contribution in [0.5, 0.6) is 23.0 Å². The second-order valence-corrected chi connectivity index (χ2v) is 15.2. The molecular weight excluding hydrogens is 816 g/mol. The summed E-state index contributed by atoms with van der Waals surface area (Å²) in [5.41, 5.74) is 18.3. The van der Waals surface area contributed by atoms with E-state index in [0.717, 1.165) is 38.9 Å². The third-order valence-electron chi connectivity index (χ3n) is 11.5. The molecule has 0 radical (unpaired) electrons. The molecule has 64 heavy (non-hydrogen) atoms. The molecule has 10 heterocycles. The van der Waals surface area contributed by atoms with Crippen molar-refractivity contribution in [1.29, 1.82) is 0 Å². The van der Waals surface area contributed by atoms with Crippen molar-refractivity contribution in [3.63, 3.8) is 0 Å². The van der Waals surface area contributed by atoms with Crippen molar-refractivity contribution < 1.29 is 23.3 Å². The van der Waals surface area contributed by atoms with Gasteiger partial charge in [0.15, 0.2) is 22.6 Å². The van der Waals surface area contributed by atoms with Gasteiger partial charge in [0.25, 0.3) is 23.6 Å². The zero-order valence-corrected chi connectivity index (χ0v) is 33.5. The second-order valence-electron chi connectivity index (χ2n) is 15.2. The Morgan fingerprint density at radius 2 is 1.03 bits per heavy atom. The summed E-state index contributed by atoms with van der Waals surface area (Å²) in [6.45, 7) is 0.281. The van der Waals surface area contributed by atoms with Crippen LogP contribution in [0.2, 0.25) is 0 Å². The molecule has 5 N–H and O–H groups in total. The Labute approximate surface area is 363 Å². The van der Waals surface area contributed by atoms with Gasteiger partial charge in [-0.25, -0.2) is 15.0 Å². The number of fused-ring (bicyclic) bond motifs is 8. The van der Waals surface area contributed by atoms with Gasteiger partial charge in [-0.1, -0.05) is 24.3 Å². The minimum atomic E-state index is -1.06. The number of ether oxygens (including phenoxy) is 4. The average Bonchev–Trinajstić information content (AvgIpc) is 3.93. The average molecular weight is 849 g/mol. The number of aliphatic imine (C=N–C) groups is 2. The van der Waals surface area contributed by atoms with E-state index in [9.17, 15) is 4.79 Å². The van der Waals surface area contributed by atoms with Crippen molar-refractivity contribution in [2.75, 3.05) is 13.2 Å². The van der Waals surface area contributed by atoms with Crippen molar-refractivity contribution in [2.24, 2.45) is 21.5 Å². The Morgan fingerprint density at radius 1 is 0.547 bits per heavy atom. The van der Waals surface area contributed by atoms with E-state index in [4.69, 9.17) is 30.4 Å². The highest BCUT2D eigenvalue weighted by Gasteiger charge is 2.50. The fourth-order valence-electron chi connectivity index (χ4n) is 8.44. The molecule has 2 aromatic carbocycles. The lowest BCUT2D eigenvalue weighted by Gasteiger charge is -2.33. The Hall–Kier alpha value is -8.79. The molecule has 6 aromatic heterocycles. The van der Waals surface area contributed by atoms with Crippen LogP contribution in [-0.2, 0) is 20.6 Å². The molecule has 8 aromatic rings. The van der Waals surface area contributed by atoms with Gasteiger partial charge in [0, 0.05) is 94.1 Å². The van der Waals surface area contributed by atoms with Crippen LogP contribution >= 0.6 is 0 Å². The fraction of sp³-hybridized carbons (Fsp3) is 0.0833. The molecule has 0 amide bonds. The summed E-state index contributed by atoms with van der Waals surface area (Å²) in [4.78, 5) is 46.0. The number of aromatic amines is 1. The Morgan fingerprint density at radius 3 is 1.52 bits per heavy atom. The van der Waals surface area contributed by atoms with Crippen LogP contribution in [0.25, 0.3) is 44.8 Å². The predicted molar refractivity (Wildman–Crippen MR) is 234 cm³/mol. The van der Waals surface area contributed by atoms with Crippen LogP contribution in [-0.4, -0.2) is 55.2 Å². The van der Waals surface area contributed by atoms with E-state index < -0.39 is 17.0 Å². The molecule has 312 valence electrons. The number of nitrogens with two attached hydrogens (primary N) is 2. The van der Waals surface area contributed by atoms with Gasteiger partial charge >= 0.3 is 0 Å². The lowest BCUT2D eigenvalue weighted by molar-refractivity contribution is 0.261. The number of H-pyrrole nitrogens is 1. The monoisotopic (exact) mass is 848 g/mol. The SMILES string of the molecule is NC1=N[C@@]2(CO1)c1cc(-c3cccnc3)ccc1Oc1c2cc(-c2cccnc2)[nH]c1=O.NC1=N[C@@]2(CO1)c1cc(-c3cccnc3)ccc1Oc1c2cc(-c2cccnc2)nc1F. The van der Waals surface area contributed by atoms with Gasteiger partial charge < -0.3 is 35.4 Å². The van der Waals surface area contributed by atoms with Crippen LogP contribution in [0.15, 0.2) is 161 Å². The largest absolute Gasteiger partial charge is 0.462 e. The van der Waals surface area contributed by atoms with Gasteiger partial charge in [0.05, 0.1) is 11.4 Å². The first-order valence-corrected chi connectivity index (χ1v) is 20.0. The van der Waals surface area contributed by atoms with E-state index in [1.54, 1.807) is 67.8 Å². The quantitative estimate of drug-likeness (QED) is 0.150. The van der Waals surface area contributed by atoms with E-state index in [-0.39, 0.29) is 42.3 Å². The Bertz CT molecular complexity index is 3250. The molecule has 2 atom stereocenters. The van der Waals surface area contributed by atoms with Crippen LogP contribution in [0.1, 0.15) is 22.3 Å². The van der Waals surface area contributed by atoms with E-state index >= 15 is 4.39 Å². The van der Waals surface area contributed by atoms with Crippen molar-refractivity contribution in [1.82, 2.24) is 29.9 Å². The van der Waals surface area contributed by atoms with E-state index in [0.29, 0.717) is 39.6 Å². The first-order chi connectivity index (χ1) is 31.3. The maximum absolute atomic E-state index is 15.2. The number of nitrogens with one attached hydrogen (secondary N) is 1. The number of hydrogen-bond donors (Lipinski definition) is 3. The normalized spacial score (nSPS) is 18.3. The van der Waals surface area contributed by atoms with E-state index in [1.165, 1.54) is 0 Å². The number of pyridine rings is 6. The van der Waals surface area contributed by atoms with Gasteiger partial charge in [-0.2, -0.15) is 4.39 Å². The van der Waals surface area contributed by atoms with Crippen LogP contribution < -0.4 is 26.5 Å². The summed E-state index contributed by atoms with van der Waals surface area (Å²) in [6, 6.07) is 30.1. The topological polar surface area (TPSA) is 211 Å². The lowest BCUT2D eigenvalue weighted by Crippen LogP contribution is -2.34. The first-order valence-electron chi connectivity index (χ1n) is 20.0. The zero-order chi connectivity index (χ0) is 43.4. The minimum Gasteiger partial charge on any atom is -0.462 e. The highest BCUT2D eigenvalue weighted by molar-refractivity contribution is 5.80. The molecule has 4 aliphatic rings. The van der Waals surface area contributed by atoms with Gasteiger partial charge in [0.1, 0.15) is 24.7 Å². The number of rotatable bonds is 4. The summed E-state index contributed by atoms with van der Waals surface area (Å²) in [6.07, 6.45) is 13.6. The molecule has 16 heteroatoms. The third kappa shape index (κ3) is 6.34. The second kappa shape index (κ2) is 15.0. The molecule has 2 spiro atoms.